The van der Waals surface area contributed by atoms with Gasteiger partial charge in [0.1, 0.15) is 5.82 Å². The van der Waals surface area contributed by atoms with E-state index in [4.69, 9.17) is 0 Å². The van der Waals surface area contributed by atoms with Crippen molar-refractivity contribution in [3.8, 4) is 0 Å². The molecule has 1 aromatic carbocycles. The highest BCUT2D eigenvalue weighted by molar-refractivity contribution is 5.87. The van der Waals surface area contributed by atoms with E-state index >= 15 is 0 Å². The van der Waals surface area contributed by atoms with Gasteiger partial charge in [-0.3, -0.25) is 9.78 Å². The topological polar surface area (TPSA) is 30.0 Å². The van der Waals surface area contributed by atoms with Crippen molar-refractivity contribution in [3.63, 3.8) is 0 Å². The molecule has 0 amide bonds. The summed E-state index contributed by atoms with van der Waals surface area (Å²) in [7, 11) is 0. The van der Waals surface area contributed by atoms with Gasteiger partial charge >= 0.3 is 0 Å². The van der Waals surface area contributed by atoms with Crippen LogP contribution in [0, 0.1) is 5.82 Å². The number of aromatic nitrogens is 1. The van der Waals surface area contributed by atoms with Crippen LogP contribution >= 0.6 is 0 Å². The van der Waals surface area contributed by atoms with Gasteiger partial charge in [-0.2, -0.15) is 0 Å². The molecule has 1 aromatic heterocycles. The molecule has 0 fully saturated rings. The van der Waals surface area contributed by atoms with Crippen molar-refractivity contribution in [1.29, 1.82) is 0 Å². The Bertz CT molecular complexity index is 467. The molecule has 0 aliphatic heterocycles. The third-order valence-corrected chi connectivity index (χ3v) is 1.88. The highest BCUT2D eigenvalue weighted by atomic mass is 19.1. The molecular weight excluding hydrogens is 169 g/mol. The Morgan fingerprint density at radius 3 is 2.92 bits per heavy atom. The second kappa shape index (κ2) is 2.94. The lowest BCUT2D eigenvalue weighted by Gasteiger charge is -1.99. The third-order valence-electron chi connectivity index (χ3n) is 1.88. The van der Waals surface area contributed by atoms with Gasteiger partial charge in [-0.15, -0.1) is 0 Å². The molecule has 1 heterocycles. The fraction of sp³-hybridized carbons (Fsp3) is 0. The summed E-state index contributed by atoms with van der Waals surface area (Å²) in [5.74, 6) is -0.499. The van der Waals surface area contributed by atoms with Gasteiger partial charge in [0, 0.05) is 11.6 Å². The number of fused-ring (bicyclic) bond motifs is 1. The summed E-state index contributed by atoms with van der Waals surface area (Å²) in [6.07, 6.45) is 2.09. The summed E-state index contributed by atoms with van der Waals surface area (Å²) in [6.45, 7) is 0. The molecule has 0 saturated carbocycles. The Kier molecular flexibility index (Phi) is 1.77. The van der Waals surface area contributed by atoms with Crippen LogP contribution in [0.25, 0.3) is 10.9 Å². The maximum absolute atomic E-state index is 13.4. The minimum absolute atomic E-state index is 0.0699. The monoisotopic (exact) mass is 175 g/mol. The predicted octanol–water partition coefficient (Wildman–Crippen LogP) is 2.19. The molecule has 0 saturated heterocycles. The number of hydrogen-bond donors (Lipinski definition) is 0. The standard InChI is InChI=1S/C10H6FNO/c11-10-7(6-13)3-4-9-8(10)2-1-5-12-9/h1-6H. The van der Waals surface area contributed by atoms with Gasteiger partial charge in [-0.05, 0) is 24.3 Å². The first-order chi connectivity index (χ1) is 6.33. The number of nitrogens with zero attached hydrogens (tertiary/aromatic N) is 1. The molecule has 2 aromatic rings. The molecule has 13 heavy (non-hydrogen) atoms. The largest absolute Gasteiger partial charge is 0.298 e. The van der Waals surface area contributed by atoms with Crippen molar-refractivity contribution in [2.24, 2.45) is 0 Å². The van der Waals surface area contributed by atoms with E-state index in [1.807, 2.05) is 0 Å². The van der Waals surface area contributed by atoms with Crippen molar-refractivity contribution >= 4 is 17.2 Å². The highest BCUT2D eigenvalue weighted by Gasteiger charge is 2.05. The van der Waals surface area contributed by atoms with Crippen LogP contribution < -0.4 is 0 Å². The lowest BCUT2D eigenvalue weighted by Crippen LogP contribution is -1.89. The number of benzene rings is 1. The van der Waals surface area contributed by atoms with Crippen molar-refractivity contribution in [2.75, 3.05) is 0 Å². The smallest absolute Gasteiger partial charge is 0.153 e. The van der Waals surface area contributed by atoms with Crippen LogP contribution in [-0.4, -0.2) is 11.3 Å². The van der Waals surface area contributed by atoms with Crippen LogP contribution in [0.1, 0.15) is 10.4 Å². The van der Waals surface area contributed by atoms with Crippen LogP contribution in [0.5, 0.6) is 0 Å². The van der Waals surface area contributed by atoms with Gasteiger partial charge in [0.05, 0.1) is 11.1 Å². The van der Waals surface area contributed by atoms with E-state index in [-0.39, 0.29) is 5.56 Å². The number of rotatable bonds is 1. The molecule has 2 nitrogen and oxygen atoms in total. The summed E-state index contributed by atoms with van der Waals surface area (Å²) in [4.78, 5) is 14.4. The first-order valence-corrected chi connectivity index (χ1v) is 3.81. The van der Waals surface area contributed by atoms with Gasteiger partial charge in [0.25, 0.3) is 0 Å². The van der Waals surface area contributed by atoms with Crippen LogP contribution in [0.15, 0.2) is 30.5 Å². The van der Waals surface area contributed by atoms with Crippen LogP contribution in [-0.2, 0) is 0 Å². The molecule has 3 heteroatoms. The van der Waals surface area contributed by atoms with E-state index in [9.17, 15) is 9.18 Å². The van der Waals surface area contributed by atoms with Gasteiger partial charge in [-0.1, -0.05) is 0 Å². The first kappa shape index (κ1) is 7.86. The van der Waals surface area contributed by atoms with Gasteiger partial charge in [0.2, 0.25) is 0 Å². The van der Waals surface area contributed by atoms with Crippen LogP contribution in [0.2, 0.25) is 0 Å². The number of aldehydes is 1. The maximum Gasteiger partial charge on any atom is 0.153 e. The molecular formula is C10H6FNO. The fourth-order valence-electron chi connectivity index (χ4n) is 1.22. The normalized spacial score (nSPS) is 10.2. The van der Waals surface area contributed by atoms with E-state index < -0.39 is 5.82 Å². The molecule has 2 rings (SSSR count). The number of carbonyl (C=O) groups is 1. The van der Waals surface area contributed by atoms with Gasteiger partial charge < -0.3 is 0 Å². The summed E-state index contributed by atoms with van der Waals surface area (Å²) >= 11 is 0. The van der Waals surface area contributed by atoms with E-state index in [2.05, 4.69) is 4.98 Å². The quantitative estimate of drug-likeness (QED) is 0.622. The molecule has 0 bridgehead atoms. The fourth-order valence-corrected chi connectivity index (χ4v) is 1.22. The van der Waals surface area contributed by atoms with Gasteiger partial charge in [0.15, 0.2) is 6.29 Å². The number of hydrogen-bond acceptors (Lipinski definition) is 2. The Balaban J connectivity index is 2.86. The average molecular weight is 175 g/mol. The maximum atomic E-state index is 13.4. The molecule has 0 N–H and O–H groups in total. The Labute approximate surface area is 74.0 Å². The molecule has 0 radical (unpaired) electrons. The van der Waals surface area contributed by atoms with Gasteiger partial charge in [-0.25, -0.2) is 4.39 Å². The van der Waals surface area contributed by atoms with Crippen molar-refractivity contribution in [3.05, 3.63) is 41.8 Å². The summed E-state index contributed by atoms with van der Waals surface area (Å²) in [5.41, 5.74) is 0.631. The Morgan fingerprint density at radius 2 is 2.15 bits per heavy atom. The number of pyridine rings is 1. The molecule has 0 aliphatic rings. The average Bonchev–Trinajstić information content (AvgIpc) is 2.19. The summed E-state index contributed by atoms with van der Waals surface area (Å²) in [5, 5.41) is 0.382. The summed E-state index contributed by atoms with van der Waals surface area (Å²) < 4.78 is 13.4. The van der Waals surface area contributed by atoms with E-state index in [0.29, 0.717) is 17.2 Å². The molecule has 64 valence electrons. The van der Waals surface area contributed by atoms with Crippen molar-refractivity contribution in [1.82, 2.24) is 4.98 Å². The SMILES string of the molecule is O=Cc1ccc2ncccc2c1F. The van der Waals surface area contributed by atoms with E-state index in [0.717, 1.165) is 0 Å². The molecule has 0 atom stereocenters. The van der Waals surface area contributed by atoms with Crippen molar-refractivity contribution < 1.29 is 9.18 Å². The lowest BCUT2D eigenvalue weighted by atomic mass is 10.1. The lowest BCUT2D eigenvalue weighted by molar-refractivity contribution is 0.112. The van der Waals surface area contributed by atoms with E-state index in [1.54, 1.807) is 24.4 Å². The second-order valence-electron chi connectivity index (χ2n) is 2.66. The molecule has 0 spiro atoms. The summed E-state index contributed by atoms with van der Waals surface area (Å²) in [6, 6.07) is 6.30. The van der Waals surface area contributed by atoms with E-state index in [1.165, 1.54) is 6.07 Å². The Morgan fingerprint density at radius 1 is 1.31 bits per heavy atom. The number of carbonyl (C=O) groups excluding carboxylic acids is 1. The second-order valence-corrected chi connectivity index (χ2v) is 2.66. The zero-order chi connectivity index (χ0) is 9.26. The minimum Gasteiger partial charge on any atom is -0.298 e. The Hall–Kier alpha value is -1.77. The van der Waals surface area contributed by atoms with Crippen LogP contribution in [0.3, 0.4) is 0 Å². The van der Waals surface area contributed by atoms with Crippen LogP contribution in [0.4, 0.5) is 4.39 Å². The van der Waals surface area contributed by atoms with Crippen molar-refractivity contribution in [2.45, 2.75) is 0 Å². The zero-order valence-corrected chi connectivity index (χ0v) is 6.70. The zero-order valence-electron chi connectivity index (χ0n) is 6.70. The predicted molar refractivity (Wildman–Crippen MR) is 47.1 cm³/mol. The third kappa shape index (κ3) is 1.18. The molecule has 0 unspecified atom stereocenters. The minimum atomic E-state index is -0.499. The number of halogens is 1. The molecule has 0 aliphatic carbocycles. The first-order valence-electron chi connectivity index (χ1n) is 3.81. The highest BCUT2D eigenvalue weighted by Crippen LogP contribution is 2.17.